The van der Waals surface area contributed by atoms with Crippen LogP contribution in [-0.4, -0.2) is 26.5 Å². The second-order valence-electron chi connectivity index (χ2n) is 2.46. The summed E-state index contributed by atoms with van der Waals surface area (Å²) in [4.78, 5) is 2.48. The van der Waals surface area contributed by atoms with Crippen molar-refractivity contribution in [3.63, 3.8) is 0 Å². The highest BCUT2D eigenvalue weighted by Gasteiger charge is 2.07. The van der Waals surface area contributed by atoms with Gasteiger partial charge in [0.1, 0.15) is 9.84 Å². The number of unbranched alkanes of at least 4 members (excludes halogenated alkanes) is 1. The van der Waals surface area contributed by atoms with Crippen molar-refractivity contribution in [2.75, 3.05) is 18.1 Å². The summed E-state index contributed by atoms with van der Waals surface area (Å²) in [7, 11) is -2.98. The first-order valence-electron chi connectivity index (χ1n) is 3.83. The molecule has 70 valence electrons. The van der Waals surface area contributed by atoms with Crippen LogP contribution in [0.25, 0.3) is 10.4 Å². The van der Waals surface area contributed by atoms with Gasteiger partial charge in [-0.05, 0) is 12.0 Å². The largest absolute Gasteiger partial charge is 0.229 e. The second-order valence-corrected chi connectivity index (χ2v) is 4.76. The zero-order valence-electron chi connectivity index (χ0n) is 7.10. The van der Waals surface area contributed by atoms with Gasteiger partial charge in [0.05, 0.1) is 11.5 Å². The molecule has 0 bridgehead atoms. The first-order valence-corrected chi connectivity index (χ1v) is 5.66. The fourth-order valence-corrected chi connectivity index (χ4v) is 1.98. The number of sulfone groups is 1. The Kier molecular flexibility index (Phi) is 5.49. The van der Waals surface area contributed by atoms with Crippen LogP contribution >= 0.6 is 0 Å². The summed E-state index contributed by atoms with van der Waals surface area (Å²) in [6.07, 6.45) is 1.54. The molecule has 0 aliphatic rings. The van der Waals surface area contributed by atoms with E-state index in [2.05, 4.69) is 10.0 Å². The van der Waals surface area contributed by atoms with Gasteiger partial charge in [-0.1, -0.05) is 18.5 Å². The van der Waals surface area contributed by atoms with Crippen molar-refractivity contribution in [1.29, 1.82) is 0 Å². The fraction of sp³-hybridized carbons (Fsp3) is 1.00. The summed E-state index contributed by atoms with van der Waals surface area (Å²) in [5, 5.41) is 3.17. The third kappa shape index (κ3) is 6.00. The molecule has 0 aliphatic carbocycles. The summed E-state index contributed by atoms with van der Waals surface area (Å²) < 4.78 is 22.2. The van der Waals surface area contributed by atoms with E-state index in [9.17, 15) is 8.42 Å². The number of hydrogen-bond acceptors (Lipinski definition) is 3. The van der Waals surface area contributed by atoms with Crippen LogP contribution in [0.1, 0.15) is 19.8 Å². The SMILES string of the molecule is CCCCS(=O)(=O)CCN=[N+]=[N-]. The molecule has 0 spiro atoms. The lowest BCUT2D eigenvalue weighted by molar-refractivity contribution is 0.592. The molecule has 0 saturated heterocycles. The van der Waals surface area contributed by atoms with E-state index in [4.69, 9.17) is 5.53 Å². The van der Waals surface area contributed by atoms with Crippen molar-refractivity contribution in [2.24, 2.45) is 5.11 Å². The van der Waals surface area contributed by atoms with Gasteiger partial charge in [0, 0.05) is 11.5 Å². The van der Waals surface area contributed by atoms with Crippen LogP contribution in [-0.2, 0) is 9.84 Å². The van der Waals surface area contributed by atoms with Crippen molar-refractivity contribution in [2.45, 2.75) is 19.8 Å². The predicted molar refractivity (Wildman–Crippen MR) is 47.6 cm³/mol. The van der Waals surface area contributed by atoms with Gasteiger partial charge in [-0.2, -0.15) is 0 Å². The molecular formula is C6H13N3O2S. The first-order chi connectivity index (χ1) is 5.62. The van der Waals surface area contributed by atoms with Crippen molar-refractivity contribution in [1.82, 2.24) is 0 Å². The molecule has 0 saturated carbocycles. The van der Waals surface area contributed by atoms with E-state index < -0.39 is 9.84 Å². The fourth-order valence-electron chi connectivity index (χ4n) is 0.691. The van der Waals surface area contributed by atoms with E-state index in [0.717, 1.165) is 6.42 Å². The van der Waals surface area contributed by atoms with Gasteiger partial charge in [-0.3, -0.25) is 0 Å². The molecule has 0 atom stereocenters. The van der Waals surface area contributed by atoms with Crippen LogP contribution in [0.4, 0.5) is 0 Å². The Labute approximate surface area is 72.3 Å². The molecule has 0 rings (SSSR count). The monoisotopic (exact) mass is 191 g/mol. The van der Waals surface area contributed by atoms with Crippen molar-refractivity contribution in [3.8, 4) is 0 Å². The molecule has 0 aromatic rings. The minimum absolute atomic E-state index is 0.0307. The van der Waals surface area contributed by atoms with Gasteiger partial charge in [-0.15, -0.1) is 0 Å². The summed E-state index contributed by atoms with van der Waals surface area (Å²) in [5.74, 6) is 0.168. The van der Waals surface area contributed by atoms with Crippen molar-refractivity contribution in [3.05, 3.63) is 10.4 Å². The van der Waals surface area contributed by atoms with Gasteiger partial charge < -0.3 is 0 Å². The van der Waals surface area contributed by atoms with Crippen LogP contribution in [0, 0.1) is 0 Å². The highest BCUT2D eigenvalue weighted by Crippen LogP contribution is 1.96. The highest BCUT2D eigenvalue weighted by atomic mass is 32.2. The maximum atomic E-state index is 11.1. The van der Waals surface area contributed by atoms with Gasteiger partial charge in [0.2, 0.25) is 0 Å². The topological polar surface area (TPSA) is 82.9 Å². The van der Waals surface area contributed by atoms with Crippen molar-refractivity contribution < 1.29 is 8.42 Å². The molecular weight excluding hydrogens is 178 g/mol. The lowest BCUT2D eigenvalue weighted by Crippen LogP contribution is -2.12. The normalized spacial score (nSPS) is 10.8. The minimum atomic E-state index is -2.98. The maximum Gasteiger partial charge on any atom is 0.150 e. The van der Waals surface area contributed by atoms with E-state index in [0.29, 0.717) is 6.42 Å². The van der Waals surface area contributed by atoms with Gasteiger partial charge in [-0.25, -0.2) is 8.42 Å². The smallest absolute Gasteiger partial charge is 0.150 e. The Bertz CT molecular complexity index is 254. The van der Waals surface area contributed by atoms with Crippen LogP contribution in [0.15, 0.2) is 5.11 Å². The number of azide groups is 1. The zero-order chi connectivity index (χ0) is 9.45. The molecule has 0 amide bonds. The number of rotatable bonds is 6. The van der Waals surface area contributed by atoms with Crippen LogP contribution in [0.5, 0.6) is 0 Å². The average molecular weight is 191 g/mol. The molecule has 0 heterocycles. The lowest BCUT2D eigenvalue weighted by Gasteiger charge is -1.98. The summed E-state index contributed by atoms with van der Waals surface area (Å²) in [5.41, 5.74) is 7.90. The second kappa shape index (κ2) is 5.85. The molecule has 0 aromatic carbocycles. The molecule has 0 fully saturated rings. The molecule has 0 radical (unpaired) electrons. The molecule has 0 aromatic heterocycles. The Morgan fingerprint density at radius 1 is 1.42 bits per heavy atom. The first kappa shape index (κ1) is 11.3. The van der Waals surface area contributed by atoms with Crippen molar-refractivity contribution >= 4 is 9.84 Å². The van der Waals surface area contributed by atoms with E-state index in [1.807, 2.05) is 6.92 Å². The number of hydrogen-bond donors (Lipinski definition) is 0. The molecule has 0 unspecified atom stereocenters. The average Bonchev–Trinajstić information content (AvgIpc) is 2.01. The molecule has 0 aliphatic heterocycles. The third-order valence-corrected chi connectivity index (χ3v) is 3.09. The standard InChI is InChI=1S/C6H13N3O2S/c1-2-3-5-12(10,11)6-4-8-9-7/h2-6H2,1H3. The Balaban J connectivity index is 3.80. The Morgan fingerprint density at radius 3 is 2.58 bits per heavy atom. The lowest BCUT2D eigenvalue weighted by atomic mass is 10.4. The summed E-state index contributed by atoms with van der Waals surface area (Å²) in [6, 6.07) is 0. The van der Waals surface area contributed by atoms with Gasteiger partial charge in [0.25, 0.3) is 0 Å². The highest BCUT2D eigenvalue weighted by molar-refractivity contribution is 7.91. The molecule has 6 heteroatoms. The number of nitrogens with zero attached hydrogens (tertiary/aromatic N) is 3. The maximum absolute atomic E-state index is 11.1. The summed E-state index contributed by atoms with van der Waals surface area (Å²) in [6.45, 7) is 1.98. The zero-order valence-corrected chi connectivity index (χ0v) is 7.92. The Morgan fingerprint density at radius 2 is 2.08 bits per heavy atom. The molecule has 0 N–H and O–H groups in total. The van der Waals surface area contributed by atoms with Gasteiger partial charge >= 0.3 is 0 Å². The van der Waals surface area contributed by atoms with E-state index >= 15 is 0 Å². The van der Waals surface area contributed by atoms with Gasteiger partial charge in [0.15, 0.2) is 0 Å². The van der Waals surface area contributed by atoms with E-state index in [1.165, 1.54) is 0 Å². The molecule has 12 heavy (non-hydrogen) atoms. The van der Waals surface area contributed by atoms with Crippen LogP contribution < -0.4 is 0 Å². The Hall–Kier alpha value is -0.740. The van der Waals surface area contributed by atoms with Crippen LogP contribution in [0.3, 0.4) is 0 Å². The quantitative estimate of drug-likeness (QED) is 0.362. The summed E-state index contributed by atoms with van der Waals surface area (Å²) >= 11 is 0. The predicted octanol–water partition coefficient (Wildman–Crippen LogP) is 1.51. The van der Waals surface area contributed by atoms with E-state index in [1.54, 1.807) is 0 Å². The molecule has 5 nitrogen and oxygen atoms in total. The third-order valence-electron chi connectivity index (χ3n) is 1.37. The van der Waals surface area contributed by atoms with E-state index in [-0.39, 0.29) is 18.1 Å². The minimum Gasteiger partial charge on any atom is -0.229 e. The van der Waals surface area contributed by atoms with Crippen LogP contribution in [0.2, 0.25) is 0 Å².